The first-order valence-corrected chi connectivity index (χ1v) is 6.60. The monoisotopic (exact) mass is 265 g/mol. The Morgan fingerprint density at radius 3 is 2.60 bits per heavy atom. The zero-order valence-corrected chi connectivity index (χ0v) is 10.4. The quantitative estimate of drug-likeness (QED) is 0.754. The van der Waals surface area contributed by atoms with Crippen LogP contribution >= 0.6 is 15.9 Å². The second-order valence-electron chi connectivity index (χ2n) is 4.80. The fraction of sp³-hybridized carbons (Fsp3) is 0.538. The van der Waals surface area contributed by atoms with Gasteiger partial charge in [-0.05, 0) is 55.5 Å². The van der Waals surface area contributed by atoms with Gasteiger partial charge in [0.2, 0.25) is 0 Å². The summed E-state index contributed by atoms with van der Waals surface area (Å²) in [5.74, 6) is 1.72. The van der Waals surface area contributed by atoms with Crippen molar-refractivity contribution in [3.63, 3.8) is 0 Å². The number of halogens is 1. The fourth-order valence-electron chi connectivity index (χ4n) is 3.08. The van der Waals surface area contributed by atoms with E-state index in [1.807, 2.05) is 0 Å². The van der Waals surface area contributed by atoms with Crippen molar-refractivity contribution >= 4 is 15.9 Å². The highest BCUT2D eigenvalue weighted by Gasteiger charge is 2.34. The predicted molar refractivity (Wildman–Crippen MR) is 66.0 cm³/mol. The summed E-state index contributed by atoms with van der Waals surface area (Å²) in [4.78, 5) is 2.62. The van der Waals surface area contributed by atoms with E-state index in [2.05, 4.69) is 45.1 Å². The highest BCUT2D eigenvalue weighted by Crippen LogP contribution is 2.39. The number of rotatable bonds is 1. The maximum absolute atomic E-state index is 3.57. The van der Waals surface area contributed by atoms with Gasteiger partial charge in [0.1, 0.15) is 0 Å². The topological polar surface area (TPSA) is 3.24 Å². The smallest absolute Gasteiger partial charge is 0.0178 e. The summed E-state index contributed by atoms with van der Waals surface area (Å²) in [6, 6.07) is 8.87. The third kappa shape index (κ3) is 1.85. The van der Waals surface area contributed by atoms with Gasteiger partial charge in [0.25, 0.3) is 0 Å². The molecule has 3 aliphatic heterocycles. The minimum Gasteiger partial charge on any atom is -0.303 e. The minimum absolute atomic E-state index is 0.782. The van der Waals surface area contributed by atoms with Gasteiger partial charge in [-0.1, -0.05) is 28.1 Å². The molecular formula is C13H16BrN. The summed E-state index contributed by atoms with van der Waals surface area (Å²) in [6.45, 7) is 3.94. The van der Waals surface area contributed by atoms with E-state index in [1.165, 1.54) is 42.5 Å². The van der Waals surface area contributed by atoms with Crippen molar-refractivity contribution in [1.29, 1.82) is 0 Å². The molecule has 0 spiro atoms. The molecule has 0 N–H and O–H groups in total. The van der Waals surface area contributed by atoms with E-state index in [-0.39, 0.29) is 0 Å². The molecule has 1 aromatic rings. The van der Waals surface area contributed by atoms with Crippen LogP contribution in [0.1, 0.15) is 24.3 Å². The molecule has 1 unspecified atom stereocenters. The lowest BCUT2D eigenvalue weighted by molar-refractivity contribution is 0.0871. The Morgan fingerprint density at radius 2 is 2.00 bits per heavy atom. The lowest BCUT2D eigenvalue weighted by Crippen LogP contribution is -2.46. The van der Waals surface area contributed by atoms with E-state index < -0.39 is 0 Å². The van der Waals surface area contributed by atoms with E-state index in [0.29, 0.717) is 0 Å². The summed E-state index contributed by atoms with van der Waals surface area (Å²) in [5.41, 5.74) is 1.53. The van der Waals surface area contributed by atoms with Crippen LogP contribution in [0.15, 0.2) is 28.7 Å². The number of hydrogen-bond acceptors (Lipinski definition) is 1. The predicted octanol–water partition coefficient (Wildman–Crippen LogP) is 3.26. The largest absolute Gasteiger partial charge is 0.303 e. The summed E-state index contributed by atoms with van der Waals surface area (Å²) < 4.78 is 1.22. The van der Waals surface area contributed by atoms with Crippen molar-refractivity contribution in [2.45, 2.75) is 18.8 Å². The average Bonchev–Trinajstić information content (AvgIpc) is 2.30. The standard InChI is InChI=1S/C13H16BrN/c14-12-3-1-2-11(8-12)13-9-15-6-4-10(13)5-7-15/h1-3,8,10,13H,4-7,9H2. The van der Waals surface area contributed by atoms with E-state index in [9.17, 15) is 0 Å². The Balaban J connectivity index is 1.88. The average molecular weight is 266 g/mol. The molecule has 0 aromatic heterocycles. The maximum Gasteiger partial charge on any atom is 0.0178 e. The van der Waals surface area contributed by atoms with Crippen LogP contribution in [0.4, 0.5) is 0 Å². The lowest BCUT2D eigenvalue weighted by atomic mass is 9.75. The van der Waals surface area contributed by atoms with Crippen LogP contribution in [0.3, 0.4) is 0 Å². The molecule has 3 saturated heterocycles. The van der Waals surface area contributed by atoms with Gasteiger partial charge in [-0.3, -0.25) is 0 Å². The number of hydrogen-bond donors (Lipinski definition) is 0. The Bertz CT molecular complexity index is 355. The molecule has 2 heteroatoms. The molecule has 80 valence electrons. The second-order valence-corrected chi connectivity index (χ2v) is 5.72. The Labute approximate surface area is 99.6 Å². The number of nitrogens with zero attached hydrogens (tertiary/aromatic N) is 1. The van der Waals surface area contributed by atoms with Gasteiger partial charge in [0, 0.05) is 11.0 Å². The molecule has 15 heavy (non-hydrogen) atoms. The molecule has 0 radical (unpaired) electrons. The van der Waals surface area contributed by atoms with Crippen LogP contribution < -0.4 is 0 Å². The SMILES string of the molecule is Brc1cccc(C2CN3CCC2CC3)c1. The first-order valence-electron chi connectivity index (χ1n) is 5.81. The van der Waals surface area contributed by atoms with Crippen molar-refractivity contribution < 1.29 is 0 Å². The molecule has 1 atom stereocenters. The molecule has 0 aliphatic carbocycles. The van der Waals surface area contributed by atoms with E-state index in [1.54, 1.807) is 0 Å². The molecular weight excluding hydrogens is 250 g/mol. The lowest BCUT2D eigenvalue weighted by Gasteiger charge is -2.45. The van der Waals surface area contributed by atoms with Gasteiger partial charge >= 0.3 is 0 Å². The molecule has 4 rings (SSSR count). The van der Waals surface area contributed by atoms with Crippen LogP contribution in [0, 0.1) is 5.92 Å². The normalized spacial score (nSPS) is 34.3. The summed E-state index contributed by atoms with van der Waals surface area (Å²) in [7, 11) is 0. The van der Waals surface area contributed by atoms with Gasteiger partial charge in [-0.2, -0.15) is 0 Å². The number of piperidine rings is 3. The van der Waals surface area contributed by atoms with Crippen LogP contribution in [0.2, 0.25) is 0 Å². The van der Waals surface area contributed by atoms with Crippen molar-refractivity contribution in [2.75, 3.05) is 19.6 Å². The van der Waals surface area contributed by atoms with Crippen molar-refractivity contribution in [2.24, 2.45) is 5.92 Å². The zero-order valence-electron chi connectivity index (χ0n) is 8.82. The molecule has 3 fully saturated rings. The minimum atomic E-state index is 0.782. The molecule has 1 aromatic carbocycles. The van der Waals surface area contributed by atoms with E-state index in [4.69, 9.17) is 0 Å². The Morgan fingerprint density at radius 1 is 1.20 bits per heavy atom. The van der Waals surface area contributed by atoms with Crippen molar-refractivity contribution in [1.82, 2.24) is 4.90 Å². The molecule has 0 amide bonds. The molecule has 1 nitrogen and oxygen atoms in total. The summed E-state index contributed by atoms with van der Waals surface area (Å²) >= 11 is 3.57. The molecule has 2 bridgehead atoms. The van der Waals surface area contributed by atoms with Gasteiger partial charge in [0.15, 0.2) is 0 Å². The van der Waals surface area contributed by atoms with E-state index in [0.717, 1.165) is 11.8 Å². The van der Waals surface area contributed by atoms with Crippen molar-refractivity contribution in [3.8, 4) is 0 Å². The van der Waals surface area contributed by atoms with Crippen LogP contribution in [-0.4, -0.2) is 24.5 Å². The highest BCUT2D eigenvalue weighted by atomic mass is 79.9. The number of benzene rings is 1. The van der Waals surface area contributed by atoms with Crippen LogP contribution in [0.5, 0.6) is 0 Å². The third-order valence-corrected chi connectivity index (χ3v) is 4.43. The summed E-state index contributed by atoms with van der Waals surface area (Å²) in [5, 5.41) is 0. The molecule has 3 heterocycles. The Hall–Kier alpha value is -0.340. The third-order valence-electron chi connectivity index (χ3n) is 3.93. The fourth-order valence-corrected chi connectivity index (χ4v) is 3.50. The molecule has 3 aliphatic rings. The van der Waals surface area contributed by atoms with E-state index >= 15 is 0 Å². The van der Waals surface area contributed by atoms with Crippen LogP contribution in [0.25, 0.3) is 0 Å². The highest BCUT2D eigenvalue weighted by molar-refractivity contribution is 9.10. The first-order chi connectivity index (χ1) is 7.33. The van der Waals surface area contributed by atoms with Crippen LogP contribution in [-0.2, 0) is 0 Å². The van der Waals surface area contributed by atoms with Gasteiger partial charge in [-0.15, -0.1) is 0 Å². The van der Waals surface area contributed by atoms with Gasteiger partial charge in [0.05, 0.1) is 0 Å². The zero-order chi connectivity index (χ0) is 10.3. The second kappa shape index (κ2) is 3.91. The summed E-state index contributed by atoms with van der Waals surface area (Å²) in [6.07, 6.45) is 2.80. The molecule has 0 saturated carbocycles. The van der Waals surface area contributed by atoms with Crippen molar-refractivity contribution in [3.05, 3.63) is 34.3 Å². The first kappa shape index (κ1) is 9.86. The van der Waals surface area contributed by atoms with Gasteiger partial charge < -0.3 is 4.90 Å². The number of fused-ring (bicyclic) bond motifs is 3. The Kier molecular flexibility index (Phi) is 2.57. The maximum atomic E-state index is 3.57. The van der Waals surface area contributed by atoms with Gasteiger partial charge in [-0.25, -0.2) is 0 Å².